The largest absolute Gasteiger partial charge is 0.422 e. The molecule has 35 heavy (non-hydrogen) atoms. The molecule has 0 saturated carbocycles. The minimum absolute atomic E-state index is 0.0798. The minimum Gasteiger partial charge on any atom is -0.422 e. The summed E-state index contributed by atoms with van der Waals surface area (Å²) in [6, 6.07) is 23.7. The number of para-hydroxylation sites is 3. The quantitative estimate of drug-likeness (QED) is 0.451. The van der Waals surface area contributed by atoms with Crippen LogP contribution in [0.3, 0.4) is 0 Å². The van der Waals surface area contributed by atoms with Crippen molar-refractivity contribution in [2.24, 2.45) is 0 Å². The van der Waals surface area contributed by atoms with Gasteiger partial charge in [-0.2, -0.15) is 0 Å². The van der Waals surface area contributed by atoms with Crippen LogP contribution >= 0.6 is 0 Å². The average Bonchev–Trinajstić information content (AvgIpc) is 2.89. The molecule has 0 unspecified atom stereocenters. The Balaban J connectivity index is 1.33. The van der Waals surface area contributed by atoms with E-state index in [9.17, 15) is 14.4 Å². The predicted molar refractivity (Wildman–Crippen MR) is 137 cm³/mol. The molecule has 3 aromatic carbocycles. The molecular formula is C28H25N3O4. The molecule has 7 nitrogen and oxygen atoms in total. The summed E-state index contributed by atoms with van der Waals surface area (Å²) in [5.74, 6) is -0.159. The normalized spacial score (nSPS) is 13.6. The molecule has 5 rings (SSSR count). The highest BCUT2D eigenvalue weighted by atomic mass is 16.4. The van der Waals surface area contributed by atoms with E-state index < -0.39 is 5.63 Å². The highest BCUT2D eigenvalue weighted by Gasteiger charge is 2.21. The number of carbonyl (C=O) groups excluding carboxylic acids is 2. The number of nitrogens with one attached hydrogen (secondary N) is 1. The first-order valence-corrected chi connectivity index (χ1v) is 11.5. The fourth-order valence-corrected chi connectivity index (χ4v) is 4.38. The number of hydrogen-bond donors (Lipinski definition) is 1. The second kappa shape index (κ2) is 9.46. The van der Waals surface area contributed by atoms with Crippen LogP contribution in [-0.2, 0) is 4.79 Å². The Labute approximate surface area is 202 Å². The lowest BCUT2D eigenvalue weighted by molar-refractivity contribution is -0.129. The molecule has 1 fully saturated rings. The van der Waals surface area contributed by atoms with Gasteiger partial charge in [-0.05, 0) is 42.0 Å². The molecule has 0 aliphatic carbocycles. The minimum atomic E-state index is -0.417. The Kier molecular flexibility index (Phi) is 6.06. The first-order chi connectivity index (χ1) is 17.0. The van der Waals surface area contributed by atoms with E-state index >= 15 is 0 Å². The molecule has 1 N–H and O–H groups in total. The van der Waals surface area contributed by atoms with E-state index in [1.54, 1.807) is 43.3 Å². The van der Waals surface area contributed by atoms with E-state index in [1.165, 1.54) is 0 Å². The van der Waals surface area contributed by atoms with Crippen molar-refractivity contribution in [3.8, 4) is 11.1 Å². The van der Waals surface area contributed by atoms with Crippen molar-refractivity contribution in [1.82, 2.24) is 4.90 Å². The maximum atomic E-state index is 13.0. The zero-order valence-electron chi connectivity index (χ0n) is 19.4. The lowest BCUT2D eigenvalue weighted by Crippen LogP contribution is -2.48. The third kappa shape index (κ3) is 4.66. The second-order valence-corrected chi connectivity index (χ2v) is 8.53. The van der Waals surface area contributed by atoms with Crippen molar-refractivity contribution in [3.05, 3.63) is 94.8 Å². The molecule has 1 aromatic heterocycles. The van der Waals surface area contributed by atoms with Crippen LogP contribution in [0.2, 0.25) is 0 Å². The lowest BCUT2D eigenvalue weighted by atomic mass is 10.0. The van der Waals surface area contributed by atoms with Gasteiger partial charge in [-0.1, -0.05) is 42.5 Å². The van der Waals surface area contributed by atoms with Crippen LogP contribution in [0.5, 0.6) is 0 Å². The van der Waals surface area contributed by atoms with Crippen molar-refractivity contribution in [3.63, 3.8) is 0 Å². The number of hydrogen-bond acceptors (Lipinski definition) is 5. The molecule has 1 aliphatic rings. The van der Waals surface area contributed by atoms with Gasteiger partial charge in [0.05, 0.1) is 16.9 Å². The SMILES string of the molecule is CC(=O)N1CCN(c2ccccc2NC(=O)c2ccc(-c3cc4ccccc4oc3=O)cc2)CC1. The average molecular weight is 468 g/mol. The molecule has 0 bridgehead atoms. The van der Waals surface area contributed by atoms with Gasteiger partial charge in [0.2, 0.25) is 5.91 Å². The highest BCUT2D eigenvalue weighted by molar-refractivity contribution is 6.06. The number of carbonyl (C=O) groups is 2. The fraction of sp³-hybridized carbons (Fsp3) is 0.179. The fourth-order valence-electron chi connectivity index (χ4n) is 4.38. The highest BCUT2D eigenvalue weighted by Crippen LogP contribution is 2.28. The molecule has 2 heterocycles. The Morgan fingerprint density at radius 2 is 1.54 bits per heavy atom. The summed E-state index contributed by atoms with van der Waals surface area (Å²) in [4.78, 5) is 41.1. The van der Waals surface area contributed by atoms with Gasteiger partial charge in [0, 0.05) is 44.1 Å². The lowest BCUT2D eigenvalue weighted by Gasteiger charge is -2.36. The molecule has 7 heteroatoms. The molecule has 176 valence electrons. The molecule has 0 spiro atoms. The summed E-state index contributed by atoms with van der Waals surface area (Å²) in [6.45, 7) is 4.30. The number of fused-ring (bicyclic) bond motifs is 1. The van der Waals surface area contributed by atoms with Crippen molar-refractivity contribution in [2.45, 2.75) is 6.92 Å². The second-order valence-electron chi connectivity index (χ2n) is 8.53. The van der Waals surface area contributed by atoms with Crippen LogP contribution < -0.4 is 15.8 Å². The number of amides is 2. The molecule has 4 aromatic rings. The Hall–Kier alpha value is -4.39. The monoisotopic (exact) mass is 467 g/mol. The number of nitrogens with zero attached hydrogens (tertiary/aromatic N) is 2. The van der Waals surface area contributed by atoms with E-state index in [-0.39, 0.29) is 11.8 Å². The summed E-state index contributed by atoms with van der Waals surface area (Å²) in [5, 5.41) is 3.85. The molecule has 0 radical (unpaired) electrons. The number of piperazine rings is 1. The van der Waals surface area contributed by atoms with Crippen molar-refractivity contribution >= 4 is 34.2 Å². The Morgan fingerprint density at radius 3 is 2.29 bits per heavy atom. The van der Waals surface area contributed by atoms with E-state index in [4.69, 9.17) is 4.42 Å². The van der Waals surface area contributed by atoms with Gasteiger partial charge in [0.15, 0.2) is 0 Å². The van der Waals surface area contributed by atoms with Gasteiger partial charge >= 0.3 is 5.63 Å². The number of benzene rings is 3. The topological polar surface area (TPSA) is 82.9 Å². The van der Waals surface area contributed by atoms with Crippen molar-refractivity contribution in [2.75, 3.05) is 36.4 Å². The first-order valence-electron chi connectivity index (χ1n) is 11.5. The Morgan fingerprint density at radius 1 is 0.857 bits per heavy atom. The summed E-state index contributed by atoms with van der Waals surface area (Å²) >= 11 is 0. The maximum Gasteiger partial charge on any atom is 0.344 e. The third-order valence-corrected chi connectivity index (χ3v) is 6.32. The maximum absolute atomic E-state index is 13.0. The summed E-state index contributed by atoms with van der Waals surface area (Å²) in [6.07, 6.45) is 0. The van der Waals surface area contributed by atoms with Crippen LogP contribution in [0.25, 0.3) is 22.1 Å². The van der Waals surface area contributed by atoms with Crippen LogP contribution in [-0.4, -0.2) is 42.9 Å². The van der Waals surface area contributed by atoms with E-state index in [0.29, 0.717) is 54.1 Å². The van der Waals surface area contributed by atoms with E-state index in [1.807, 2.05) is 47.4 Å². The summed E-state index contributed by atoms with van der Waals surface area (Å²) < 4.78 is 5.43. The van der Waals surface area contributed by atoms with Crippen LogP contribution in [0.15, 0.2) is 88.1 Å². The van der Waals surface area contributed by atoms with Gasteiger partial charge in [-0.3, -0.25) is 9.59 Å². The molecule has 0 atom stereocenters. The zero-order valence-corrected chi connectivity index (χ0v) is 19.4. The van der Waals surface area contributed by atoms with Crippen molar-refractivity contribution < 1.29 is 14.0 Å². The first kappa shape index (κ1) is 22.4. The summed E-state index contributed by atoms with van der Waals surface area (Å²) in [5.41, 5.74) is 3.38. The van der Waals surface area contributed by atoms with Gasteiger partial charge in [0.1, 0.15) is 5.58 Å². The van der Waals surface area contributed by atoms with Gasteiger partial charge < -0.3 is 19.5 Å². The van der Waals surface area contributed by atoms with Crippen LogP contribution in [0.1, 0.15) is 17.3 Å². The van der Waals surface area contributed by atoms with Gasteiger partial charge in [0.25, 0.3) is 5.91 Å². The third-order valence-electron chi connectivity index (χ3n) is 6.32. The van der Waals surface area contributed by atoms with Gasteiger partial charge in [-0.25, -0.2) is 4.79 Å². The molecule has 2 amide bonds. The summed E-state index contributed by atoms with van der Waals surface area (Å²) in [7, 11) is 0. The predicted octanol–water partition coefficient (Wildman–Crippen LogP) is 4.38. The number of rotatable bonds is 4. The van der Waals surface area contributed by atoms with E-state index in [2.05, 4.69) is 10.2 Å². The van der Waals surface area contributed by atoms with E-state index in [0.717, 1.165) is 11.1 Å². The Bertz CT molecular complexity index is 1450. The van der Waals surface area contributed by atoms with Gasteiger partial charge in [-0.15, -0.1) is 0 Å². The van der Waals surface area contributed by atoms with Crippen LogP contribution in [0.4, 0.5) is 11.4 Å². The van der Waals surface area contributed by atoms with Crippen molar-refractivity contribution in [1.29, 1.82) is 0 Å². The number of anilines is 2. The molecule has 1 aliphatic heterocycles. The standard InChI is InChI=1S/C28H25N3O4/c1-19(32)30-14-16-31(17-15-30)25-8-4-3-7-24(25)29-27(33)21-12-10-20(11-13-21)23-18-22-6-2-5-9-26(22)35-28(23)34/h2-13,18H,14-17H2,1H3,(H,29,33). The smallest absolute Gasteiger partial charge is 0.344 e. The zero-order chi connectivity index (χ0) is 24.4. The van der Waals surface area contributed by atoms with Crippen LogP contribution in [0, 0.1) is 0 Å². The molecule has 1 saturated heterocycles. The molecular weight excluding hydrogens is 442 g/mol.